The van der Waals surface area contributed by atoms with E-state index in [0.29, 0.717) is 11.3 Å². The summed E-state index contributed by atoms with van der Waals surface area (Å²) in [6.45, 7) is 5.18. The number of pyridine rings is 1. The van der Waals surface area contributed by atoms with Gasteiger partial charge in [0.15, 0.2) is 0 Å². The molecule has 0 saturated heterocycles. The molecule has 1 heterocycles. The third-order valence-electron chi connectivity index (χ3n) is 3.12. The van der Waals surface area contributed by atoms with E-state index >= 15 is 0 Å². The number of aryl methyl sites for hydroxylation is 1. The largest absolute Gasteiger partial charge is 0.481 e. The molecular weight excluding hydrogens is 288 g/mol. The van der Waals surface area contributed by atoms with Gasteiger partial charge in [-0.1, -0.05) is 6.92 Å². The van der Waals surface area contributed by atoms with Gasteiger partial charge in [0.05, 0.1) is 23.8 Å². The van der Waals surface area contributed by atoms with Crippen molar-refractivity contribution < 1.29 is 24.2 Å². The lowest BCUT2D eigenvalue weighted by atomic mass is 10.1. The molecule has 0 aliphatic carbocycles. The van der Waals surface area contributed by atoms with Crippen LogP contribution >= 0.6 is 0 Å². The van der Waals surface area contributed by atoms with Gasteiger partial charge in [-0.15, -0.1) is 0 Å². The highest BCUT2D eigenvalue weighted by Crippen LogP contribution is 2.11. The van der Waals surface area contributed by atoms with Crippen molar-refractivity contribution in [2.24, 2.45) is 5.92 Å². The molecule has 1 N–H and O–H groups in total. The van der Waals surface area contributed by atoms with Crippen molar-refractivity contribution in [2.45, 2.75) is 20.8 Å². The number of carboxylic acids is 1. The molecule has 0 saturated carbocycles. The molecule has 22 heavy (non-hydrogen) atoms. The zero-order chi connectivity index (χ0) is 16.9. The molecule has 7 nitrogen and oxygen atoms in total. The van der Waals surface area contributed by atoms with Gasteiger partial charge >= 0.3 is 11.9 Å². The third kappa shape index (κ3) is 4.28. The third-order valence-corrected chi connectivity index (χ3v) is 3.12. The molecule has 1 aromatic rings. The monoisotopic (exact) mass is 308 g/mol. The average Bonchev–Trinajstić information content (AvgIpc) is 2.46. The van der Waals surface area contributed by atoms with Crippen molar-refractivity contribution in [1.82, 2.24) is 9.88 Å². The molecule has 1 atom stereocenters. The summed E-state index contributed by atoms with van der Waals surface area (Å²) < 4.78 is 4.90. The average molecular weight is 308 g/mol. The first-order valence-electron chi connectivity index (χ1n) is 6.91. The number of nitrogens with zero attached hydrogens (tertiary/aromatic N) is 2. The van der Waals surface area contributed by atoms with Crippen LogP contribution in [0, 0.1) is 12.8 Å². The van der Waals surface area contributed by atoms with E-state index in [-0.39, 0.29) is 18.8 Å². The summed E-state index contributed by atoms with van der Waals surface area (Å²) in [5.74, 6) is -2.53. The van der Waals surface area contributed by atoms with Crippen LogP contribution in [-0.2, 0) is 9.53 Å². The lowest BCUT2D eigenvalue weighted by Crippen LogP contribution is -2.34. The Morgan fingerprint density at radius 2 is 2.00 bits per heavy atom. The van der Waals surface area contributed by atoms with Crippen molar-refractivity contribution in [3.63, 3.8) is 0 Å². The van der Waals surface area contributed by atoms with Crippen molar-refractivity contribution >= 4 is 17.8 Å². The zero-order valence-corrected chi connectivity index (χ0v) is 13.1. The highest BCUT2D eigenvalue weighted by atomic mass is 16.5. The van der Waals surface area contributed by atoms with Gasteiger partial charge in [-0.2, -0.15) is 0 Å². The molecule has 1 rings (SSSR count). The molecule has 1 aromatic heterocycles. The number of aromatic nitrogens is 1. The summed E-state index contributed by atoms with van der Waals surface area (Å²) in [5.41, 5.74) is 0.856. The van der Waals surface area contributed by atoms with E-state index in [4.69, 9.17) is 9.84 Å². The number of rotatable bonds is 6. The first-order chi connectivity index (χ1) is 10.3. The lowest BCUT2D eigenvalue weighted by Gasteiger charge is -2.19. The maximum absolute atomic E-state index is 12.2. The maximum atomic E-state index is 12.2. The van der Waals surface area contributed by atoms with Crippen LogP contribution in [0.5, 0.6) is 0 Å². The highest BCUT2D eigenvalue weighted by Gasteiger charge is 2.21. The highest BCUT2D eigenvalue weighted by molar-refractivity contribution is 5.95. The molecule has 120 valence electrons. The second kappa shape index (κ2) is 7.53. The van der Waals surface area contributed by atoms with Crippen LogP contribution in [0.3, 0.4) is 0 Å². The number of carboxylic acid groups (broad SMARTS) is 1. The fraction of sp³-hybridized carbons (Fsp3) is 0.467. The fourth-order valence-corrected chi connectivity index (χ4v) is 1.87. The maximum Gasteiger partial charge on any atom is 0.339 e. The molecule has 0 aromatic carbocycles. The SMILES string of the molecule is CCOC(=O)c1ccc(C(=O)N(C)CC(C)C(=O)O)nc1C. The van der Waals surface area contributed by atoms with Crippen LogP contribution in [0.15, 0.2) is 12.1 Å². The van der Waals surface area contributed by atoms with E-state index in [1.807, 2.05) is 0 Å². The van der Waals surface area contributed by atoms with Crippen LogP contribution in [0.25, 0.3) is 0 Å². The summed E-state index contributed by atoms with van der Waals surface area (Å²) in [5, 5.41) is 8.87. The Labute approximate surface area is 128 Å². The fourth-order valence-electron chi connectivity index (χ4n) is 1.87. The Kier molecular flexibility index (Phi) is 6.03. The predicted octanol–water partition coefficient (Wildman–Crippen LogP) is 1.36. The Morgan fingerprint density at radius 3 is 2.50 bits per heavy atom. The molecule has 7 heteroatoms. The number of ether oxygens (including phenoxy) is 1. The first kappa shape index (κ1) is 17.6. The number of esters is 1. The van der Waals surface area contributed by atoms with Crippen molar-refractivity contribution in [1.29, 1.82) is 0 Å². The van der Waals surface area contributed by atoms with Gasteiger partial charge in [-0.05, 0) is 26.0 Å². The van der Waals surface area contributed by atoms with Crippen molar-refractivity contribution in [2.75, 3.05) is 20.2 Å². The van der Waals surface area contributed by atoms with Gasteiger partial charge in [0, 0.05) is 13.6 Å². The number of aliphatic carboxylic acids is 1. The van der Waals surface area contributed by atoms with Crippen LogP contribution in [0.2, 0.25) is 0 Å². The summed E-state index contributed by atoms with van der Waals surface area (Å²) in [6.07, 6.45) is 0. The first-order valence-corrected chi connectivity index (χ1v) is 6.91. The van der Waals surface area contributed by atoms with Gasteiger partial charge in [0.2, 0.25) is 0 Å². The summed E-state index contributed by atoms with van der Waals surface area (Å²) in [4.78, 5) is 40.1. The lowest BCUT2D eigenvalue weighted by molar-refractivity contribution is -0.141. The summed E-state index contributed by atoms with van der Waals surface area (Å²) >= 11 is 0. The molecule has 0 aliphatic heterocycles. The second-order valence-corrected chi connectivity index (χ2v) is 4.97. The van der Waals surface area contributed by atoms with E-state index in [1.165, 1.54) is 31.0 Å². The standard InChI is InChI=1S/C15H20N2O5/c1-5-22-15(21)11-6-7-12(16-10(11)3)13(18)17(4)8-9(2)14(19)20/h6-7,9H,5,8H2,1-4H3,(H,19,20). The topological polar surface area (TPSA) is 96.8 Å². The van der Waals surface area contributed by atoms with E-state index in [1.54, 1.807) is 13.8 Å². The van der Waals surface area contributed by atoms with Crippen molar-refractivity contribution in [3.8, 4) is 0 Å². The minimum absolute atomic E-state index is 0.0779. The Bertz CT molecular complexity index is 585. The van der Waals surface area contributed by atoms with Gasteiger partial charge < -0.3 is 14.7 Å². The number of amides is 1. The molecule has 0 fully saturated rings. The number of hydrogen-bond donors (Lipinski definition) is 1. The normalized spacial score (nSPS) is 11.6. The molecule has 0 radical (unpaired) electrons. The van der Waals surface area contributed by atoms with Gasteiger partial charge in [0.25, 0.3) is 5.91 Å². The zero-order valence-electron chi connectivity index (χ0n) is 13.1. The Hall–Kier alpha value is -2.44. The van der Waals surface area contributed by atoms with E-state index < -0.39 is 23.8 Å². The molecule has 0 spiro atoms. The molecule has 1 unspecified atom stereocenters. The van der Waals surface area contributed by atoms with E-state index in [9.17, 15) is 14.4 Å². The van der Waals surface area contributed by atoms with Crippen LogP contribution in [0.1, 0.15) is 40.4 Å². The second-order valence-electron chi connectivity index (χ2n) is 4.97. The number of carbonyl (C=O) groups is 3. The molecule has 0 aliphatic rings. The number of carbonyl (C=O) groups excluding carboxylic acids is 2. The Balaban J connectivity index is 2.89. The number of hydrogen-bond acceptors (Lipinski definition) is 5. The minimum atomic E-state index is -0.971. The molecule has 1 amide bonds. The van der Waals surface area contributed by atoms with Crippen LogP contribution in [-0.4, -0.2) is 53.0 Å². The predicted molar refractivity (Wildman–Crippen MR) is 78.7 cm³/mol. The van der Waals surface area contributed by atoms with E-state index in [0.717, 1.165) is 0 Å². The quantitative estimate of drug-likeness (QED) is 0.797. The van der Waals surface area contributed by atoms with E-state index in [2.05, 4.69) is 4.98 Å². The smallest absolute Gasteiger partial charge is 0.339 e. The summed E-state index contributed by atoms with van der Waals surface area (Å²) in [6, 6.07) is 2.92. The van der Waals surface area contributed by atoms with Gasteiger partial charge in [-0.25, -0.2) is 9.78 Å². The van der Waals surface area contributed by atoms with Gasteiger partial charge in [-0.3, -0.25) is 9.59 Å². The Morgan fingerprint density at radius 1 is 1.36 bits per heavy atom. The molecule has 0 bridgehead atoms. The van der Waals surface area contributed by atoms with Crippen molar-refractivity contribution in [3.05, 3.63) is 29.1 Å². The summed E-state index contributed by atoms with van der Waals surface area (Å²) in [7, 11) is 1.51. The van der Waals surface area contributed by atoms with Crippen LogP contribution < -0.4 is 0 Å². The van der Waals surface area contributed by atoms with Crippen LogP contribution in [0.4, 0.5) is 0 Å². The molecular formula is C15H20N2O5. The minimum Gasteiger partial charge on any atom is -0.481 e. The van der Waals surface area contributed by atoms with Gasteiger partial charge in [0.1, 0.15) is 5.69 Å².